The number of rotatable bonds is 5. The van der Waals surface area contributed by atoms with Crippen LogP contribution in [0.3, 0.4) is 0 Å². The van der Waals surface area contributed by atoms with E-state index in [0.717, 1.165) is 12.1 Å². The zero-order chi connectivity index (χ0) is 18.8. The predicted octanol–water partition coefficient (Wildman–Crippen LogP) is 5.41. The summed E-state index contributed by atoms with van der Waals surface area (Å²) >= 11 is 0. The average molecular weight is 366 g/mol. The minimum absolute atomic E-state index is 0.0480. The zero-order valence-electron chi connectivity index (χ0n) is 13.4. The predicted molar refractivity (Wildman–Crippen MR) is 81.7 cm³/mol. The van der Waals surface area contributed by atoms with E-state index in [1.54, 1.807) is 13.8 Å². The van der Waals surface area contributed by atoms with Crippen LogP contribution in [0.2, 0.25) is 0 Å². The monoisotopic (exact) mass is 366 g/mol. The van der Waals surface area contributed by atoms with E-state index in [-0.39, 0.29) is 28.6 Å². The summed E-state index contributed by atoms with van der Waals surface area (Å²) < 4.78 is 81.7. The smallest absolute Gasteiger partial charge is 0.417 e. The third-order valence-corrected chi connectivity index (χ3v) is 3.18. The third kappa shape index (κ3) is 5.40. The molecule has 1 aromatic heterocycles. The highest BCUT2D eigenvalue weighted by atomic mass is 19.4. The van der Waals surface area contributed by atoms with Crippen LogP contribution >= 0.6 is 0 Å². The lowest BCUT2D eigenvalue weighted by atomic mass is 10.1. The van der Waals surface area contributed by atoms with Crippen molar-refractivity contribution in [2.45, 2.75) is 38.7 Å². The van der Waals surface area contributed by atoms with Gasteiger partial charge in [0.2, 0.25) is 5.88 Å². The van der Waals surface area contributed by atoms with Gasteiger partial charge in [0.15, 0.2) is 0 Å². The van der Waals surface area contributed by atoms with Gasteiger partial charge in [0.25, 0.3) is 0 Å². The summed E-state index contributed by atoms with van der Waals surface area (Å²) in [5, 5.41) is 2.26. The second kappa shape index (κ2) is 6.97. The quantitative estimate of drug-likeness (QED) is 0.719. The number of halogens is 6. The fourth-order valence-electron chi connectivity index (χ4n) is 2.20. The van der Waals surface area contributed by atoms with Crippen molar-refractivity contribution >= 4 is 16.6 Å². The van der Waals surface area contributed by atoms with Gasteiger partial charge in [-0.1, -0.05) is 0 Å². The summed E-state index contributed by atoms with van der Waals surface area (Å²) in [6.45, 7) is 2.89. The molecule has 138 valence electrons. The molecule has 0 aliphatic rings. The molecular formula is C16H16F6N2O. The number of ether oxygens (including phenoxy) is 1. The first-order chi connectivity index (χ1) is 11.5. The molecule has 0 aliphatic carbocycles. The molecule has 0 saturated carbocycles. The number of hydrogen-bond donors (Lipinski definition) is 1. The molecule has 2 rings (SSSR count). The highest BCUT2D eigenvalue weighted by Gasteiger charge is 2.34. The van der Waals surface area contributed by atoms with Gasteiger partial charge in [0.1, 0.15) is 0 Å². The molecule has 2 aromatic rings. The van der Waals surface area contributed by atoms with Crippen LogP contribution in [0.1, 0.15) is 25.8 Å². The summed E-state index contributed by atoms with van der Waals surface area (Å²) in [5.41, 5.74) is -0.749. The molecule has 0 fully saturated rings. The minimum atomic E-state index is -4.65. The summed E-state index contributed by atoms with van der Waals surface area (Å²) in [5.74, 6) is -0.160. The molecule has 1 N–H and O–H groups in total. The highest BCUT2D eigenvalue weighted by molar-refractivity contribution is 5.86. The molecule has 0 amide bonds. The Hall–Kier alpha value is -2.19. The lowest BCUT2D eigenvalue weighted by Crippen LogP contribution is -2.15. The molecule has 0 bridgehead atoms. The normalized spacial score (nSPS) is 12.7. The number of benzene rings is 1. The van der Waals surface area contributed by atoms with Gasteiger partial charge in [0, 0.05) is 23.7 Å². The van der Waals surface area contributed by atoms with Gasteiger partial charge in [-0.2, -0.15) is 26.3 Å². The summed E-state index contributed by atoms with van der Waals surface area (Å²) in [6.07, 6.45) is -10.4. The maximum absolute atomic E-state index is 13.3. The number of fused-ring (bicyclic) bond motifs is 1. The maximum Gasteiger partial charge on any atom is 0.417 e. The summed E-state index contributed by atoms with van der Waals surface area (Å²) in [4.78, 5) is 4.02. The molecule has 0 unspecified atom stereocenters. The van der Waals surface area contributed by atoms with E-state index in [2.05, 4.69) is 10.3 Å². The Morgan fingerprint density at radius 3 is 2.32 bits per heavy atom. The van der Waals surface area contributed by atoms with Gasteiger partial charge in [-0.25, -0.2) is 4.98 Å². The molecule has 0 saturated heterocycles. The fraction of sp³-hybridized carbons (Fsp3) is 0.438. The molecule has 0 aliphatic heterocycles. The SMILES string of the molecule is CC(C)Oc1cc(C(F)(F)F)c2cc(NCCC(F)(F)F)ccc2n1. The fourth-order valence-corrected chi connectivity index (χ4v) is 2.20. The number of alkyl halides is 6. The van der Waals surface area contributed by atoms with Crippen LogP contribution in [0.25, 0.3) is 10.9 Å². The third-order valence-electron chi connectivity index (χ3n) is 3.18. The highest BCUT2D eigenvalue weighted by Crippen LogP contribution is 2.37. The number of nitrogens with zero attached hydrogens (tertiary/aromatic N) is 1. The van der Waals surface area contributed by atoms with Crippen molar-refractivity contribution in [3.63, 3.8) is 0 Å². The number of nitrogens with one attached hydrogen (secondary N) is 1. The van der Waals surface area contributed by atoms with Gasteiger partial charge in [0.05, 0.1) is 23.6 Å². The van der Waals surface area contributed by atoms with Crippen molar-refractivity contribution in [1.82, 2.24) is 4.98 Å². The minimum Gasteiger partial charge on any atom is -0.475 e. The molecule has 9 heteroatoms. The van der Waals surface area contributed by atoms with Crippen molar-refractivity contribution < 1.29 is 31.1 Å². The van der Waals surface area contributed by atoms with Crippen molar-refractivity contribution in [2.75, 3.05) is 11.9 Å². The van der Waals surface area contributed by atoms with E-state index >= 15 is 0 Å². The van der Waals surface area contributed by atoms with Crippen LogP contribution in [-0.2, 0) is 6.18 Å². The largest absolute Gasteiger partial charge is 0.475 e. The lowest BCUT2D eigenvalue weighted by molar-refractivity contribution is -0.136. The Balaban J connectivity index is 2.39. The van der Waals surface area contributed by atoms with Crippen LogP contribution in [0.4, 0.5) is 32.0 Å². The van der Waals surface area contributed by atoms with Gasteiger partial charge >= 0.3 is 12.4 Å². The van der Waals surface area contributed by atoms with Crippen molar-refractivity contribution in [3.05, 3.63) is 29.8 Å². The number of aromatic nitrogens is 1. The van der Waals surface area contributed by atoms with E-state index in [1.165, 1.54) is 12.1 Å². The first-order valence-corrected chi connectivity index (χ1v) is 7.45. The van der Waals surface area contributed by atoms with Gasteiger partial charge < -0.3 is 10.1 Å². The zero-order valence-corrected chi connectivity index (χ0v) is 13.4. The number of hydrogen-bond acceptors (Lipinski definition) is 3. The molecule has 0 radical (unpaired) electrons. The molecule has 1 aromatic carbocycles. The lowest BCUT2D eigenvalue weighted by Gasteiger charge is -2.16. The average Bonchev–Trinajstić information content (AvgIpc) is 2.43. The van der Waals surface area contributed by atoms with Gasteiger partial charge in [-0.05, 0) is 32.0 Å². The van der Waals surface area contributed by atoms with Gasteiger partial charge in [-0.3, -0.25) is 0 Å². The second-order valence-corrected chi connectivity index (χ2v) is 5.70. The van der Waals surface area contributed by atoms with E-state index < -0.39 is 30.9 Å². The first-order valence-electron chi connectivity index (χ1n) is 7.45. The van der Waals surface area contributed by atoms with E-state index in [4.69, 9.17) is 4.74 Å². The molecular weight excluding hydrogens is 350 g/mol. The Morgan fingerprint density at radius 1 is 1.08 bits per heavy atom. The second-order valence-electron chi connectivity index (χ2n) is 5.70. The number of anilines is 1. The van der Waals surface area contributed by atoms with Crippen LogP contribution in [-0.4, -0.2) is 23.8 Å². The Kier molecular flexibility index (Phi) is 5.34. The molecule has 0 spiro atoms. The van der Waals surface area contributed by atoms with Gasteiger partial charge in [-0.15, -0.1) is 0 Å². The van der Waals surface area contributed by atoms with E-state index in [9.17, 15) is 26.3 Å². The van der Waals surface area contributed by atoms with E-state index in [1.807, 2.05) is 0 Å². The summed E-state index contributed by atoms with van der Waals surface area (Å²) in [6, 6.07) is 4.63. The van der Waals surface area contributed by atoms with Crippen molar-refractivity contribution in [3.8, 4) is 5.88 Å². The topological polar surface area (TPSA) is 34.1 Å². The van der Waals surface area contributed by atoms with Crippen molar-refractivity contribution in [1.29, 1.82) is 0 Å². The first kappa shape index (κ1) is 19.1. The van der Waals surface area contributed by atoms with Crippen LogP contribution < -0.4 is 10.1 Å². The standard InChI is InChI=1S/C16H16F6N2O/c1-9(2)25-14-8-12(16(20,21)22)11-7-10(3-4-13(11)24-14)23-6-5-15(17,18)19/h3-4,7-9,23H,5-6H2,1-2H3. The Morgan fingerprint density at radius 2 is 1.76 bits per heavy atom. The van der Waals surface area contributed by atoms with Crippen LogP contribution in [0.15, 0.2) is 24.3 Å². The molecule has 0 atom stereocenters. The van der Waals surface area contributed by atoms with Crippen LogP contribution in [0.5, 0.6) is 5.88 Å². The maximum atomic E-state index is 13.3. The molecule has 3 nitrogen and oxygen atoms in total. The van der Waals surface area contributed by atoms with Crippen LogP contribution in [0, 0.1) is 0 Å². The Labute approximate surface area is 140 Å². The number of pyridine rings is 1. The molecule has 25 heavy (non-hydrogen) atoms. The molecule has 1 heterocycles. The summed E-state index contributed by atoms with van der Waals surface area (Å²) in [7, 11) is 0. The Bertz CT molecular complexity index is 740. The van der Waals surface area contributed by atoms with E-state index in [0.29, 0.717) is 0 Å². The van der Waals surface area contributed by atoms with Crippen molar-refractivity contribution in [2.24, 2.45) is 0 Å².